The average molecular weight is 549 g/mol. The minimum Gasteiger partial charge on any atom is -0.335 e. The molecule has 39 heavy (non-hydrogen) atoms. The van der Waals surface area contributed by atoms with E-state index in [0.717, 1.165) is 29.0 Å². The highest BCUT2D eigenvalue weighted by atomic mass is 32.1. The third kappa shape index (κ3) is 6.38. The summed E-state index contributed by atoms with van der Waals surface area (Å²) in [7, 11) is 0. The zero-order valence-corrected chi connectivity index (χ0v) is 23.6. The van der Waals surface area contributed by atoms with Crippen molar-refractivity contribution in [1.82, 2.24) is 25.1 Å². The second-order valence-corrected chi connectivity index (χ2v) is 12.7. The molecule has 0 saturated carbocycles. The van der Waals surface area contributed by atoms with Crippen LogP contribution >= 0.6 is 11.3 Å². The van der Waals surface area contributed by atoms with E-state index < -0.39 is 5.41 Å². The minimum atomic E-state index is -0.554. The molecule has 0 aromatic carbocycles. The molecule has 5 rings (SSSR count). The van der Waals surface area contributed by atoms with Gasteiger partial charge in [0, 0.05) is 62.0 Å². The van der Waals surface area contributed by atoms with Crippen LogP contribution in [-0.4, -0.2) is 69.3 Å². The molecule has 3 aliphatic heterocycles. The fourth-order valence-electron chi connectivity index (χ4n) is 5.37. The fourth-order valence-corrected chi connectivity index (χ4v) is 6.04. The first-order valence-corrected chi connectivity index (χ1v) is 14.4. The van der Waals surface area contributed by atoms with Gasteiger partial charge < -0.3 is 20.4 Å². The van der Waals surface area contributed by atoms with Gasteiger partial charge in [0.15, 0.2) is 0 Å². The summed E-state index contributed by atoms with van der Waals surface area (Å²) in [5.41, 5.74) is 2.26. The Labute approximate surface area is 233 Å². The molecule has 206 valence electrons. The number of carbonyl (C=O) groups is 3. The Balaban J connectivity index is 1.19. The van der Waals surface area contributed by atoms with Crippen molar-refractivity contribution in [2.45, 2.75) is 58.4 Å². The lowest BCUT2D eigenvalue weighted by atomic mass is 9.71. The third-order valence-corrected chi connectivity index (χ3v) is 8.39. The maximum Gasteiger partial charge on any atom is 0.317 e. The number of pyridine rings is 1. The van der Waals surface area contributed by atoms with Crippen molar-refractivity contribution < 1.29 is 14.4 Å². The highest BCUT2D eigenvalue weighted by Gasteiger charge is 2.45. The molecule has 1 spiro atoms. The molecular formula is C29H36N6O3S. The Morgan fingerprint density at radius 3 is 2.64 bits per heavy atom. The van der Waals surface area contributed by atoms with E-state index in [-0.39, 0.29) is 23.4 Å². The summed E-state index contributed by atoms with van der Waals surface area (Å²) in [5, 5.41) is 9.09. The molecule has 1 fully saturated rings. The number of aromatic nitrogens is 2. The number of nitrogens with one attached hydrogen (secondary N) is 2. The molecule has 0 radical (unpaired) electrons. The normalized spacial score (nSPS) is 19.1. The van der Waals surface area contributed by atoms with Crippen LogP contribution in [0.4, 0.5) is 10.6 Å². The van der Waals surface area contributed by atoms with Gasteiger partial charge in [-0.2, -0.15) is 0 Å². The van der Waals surface area contributed by atoms with Crippen LogP contribution in [0.1, 0.15) is 56.2 Å². The second-order valence-electron chi connectivity index (χ2n) is 11.7. The molecule has 9 nitrogen and oxygen atoms in total. The van der Waals surface area contributed by atoms with E-state index >= 15 is 0 Å². The number of nitrogens with zero attached hydrogens (tertiary/aromatic N) is 4. The standard InChI is InChI=1S/C29H36N6O3S/c1-28(2,3)33-27(38)35-13-8-29(9-14-35)18-22-16-21(19-31-25(22)32-26(29)37)4-5-24(36)34-11-6-20(7-12-34)17-23-30-10-15-39-23/h4-6,10,15-16,19H,7-9,11-14,17-18H2,1-3H3,(H,33,38)(H,31,32,37). The van der Waals surface area contributed by atoms with Crippen molar-refractivity contribution in [3.8, 4) is 0 Å². The monoisotopic (exact) mass is 548 g/mol. The van der Waals surface area contributed by atoms with Crippen LogP contribution in [-0.2, 0) is 22.4 Å². The number of rotatable bonds is 4. The summed E-state index contributed by atoms with van der Waals surface area (Å²) < 4.78 is 0. The fraction of sp³-hybridized carbons (Fsp3) is 0.483. The van der Waals surface area contributed by atoms with Crippen molar-refractivity contribution in [3.63, 3.8) is 0 Å². The molecule has 0 bridgehead atoms. The zero-order chi connectivity index (χ0) is 27.6. The summed E-state index contributed by atoms with van der Waals surface area (Å²) in [6.07, 6.45) is 12.5. The summed E-state index contributed by atoms with van der Waals surface area (Å²) in [4.78, 5) is 51.0. The Bertz CT molecular complexity index is 1300. The molecule has 0 aliphatic carbocycles. The summed E-state index contributed by atoms with van der Waals surface area (Å²) in [6, 6.07) is 1.92. The van der Waals surface area contributed by atoms with Crippen molar-refractivity contribution >= 4 is 41.1 Å². The van der Waals surface area contributed by atoms with E-state index in [1.807, 2.05) is 43.3 Å². The van der Waals surface area contributed by atoms with Gasteiger partial charge in [-0.05, 0) is 69.7 Å². The lowest BCUT2D eigenvalue weighted by molar-refractivity contribution is -0.128. The number of urea groups is 1. The van der Waals surface area contributed by atoms with Crippen LogP contribution in [0.3, 0.4) is 0 Å². The van der Waals surface area contributed by atoms with Crippen molar-refractivity contribution in [2.24, 2.45) is 5.41 Å². The largest absolute Gasteiger partial charge is 0.335 e. The van der Waals surface area contributed by atoms with E-state index in [9.17, 15) is 14.4 Å². The van der Waals surface area contributed by atoms with Crippen LogP contribution in [0.15, 0.2) is 41.6 Å². The molecule has 1 saturated heterocycles. The van der Waals surface area contributed by atoms with E-state index in [1.54, 1.807) is 34.6 Å². The summed E-state index contributed by atoms with van der Waals surface area (Å²) >= 11 is 1.66. The number of piperidine rings is 1. The van der Waals surface area contributed by atoms with Crippen molar-refractivity contribution in [3.05, 3.63) is 57.7 Å². The molecule has 2 aromatic heterocycles. The molecule has 10 heteroatoms. The number of anilines is 1. The first-order valence-electron chi connectivity index (χ1n) is 13.5. The first-order chi connectivity index (χ1) is 18.6. The number of hydrogen-bond donors (Lipinski definition) is 2. The van der Waals surface area contributed by atoms with Gasteiger partial charge in [-0.15, -0.1) is 11.3 Å². The number of carbonyl (C=O) groups excluding carboxylic acids is 3. The van der Waals surface area contributed by atoms with E-state index in [1.165, 1.54) is 5.57 Å². The molecule has 4 amide bonds. The van der Waals surface area contributed by atoms with Gasteiger partial charge in [0.2, 0.25) is 11.8 Å². The van der Waals surface area contributed by atoms with Crippen molar-refractivity contribution in [1.29, 1.82) is 0 Å². The maximum absolute atomic E-state index is 13.1. The van der Waals surface area contributed by atoms with Gasteiger partial charge in [-0.3, -0.25) is 9.59 Å². The Kier molecular flexibility index (Phi) is 7.57. The van der Waals surface area contributed by atoms with Crippen LogP contribution in [0.2, 0.25) is 0 Å². The Hall–Kier alpha value is -3.53. The predicted molar refractivity (Wildman–Crippen MR) is 152 cm³/mol. The molecule has 5 heterocycles. The maximum atomic E-state index is 13.1. The predicted octanol–water partition coefficient (Wildman–Crippen LogP) is 4.04. The van der Waals surface area contributed by atoms with E-state index in [2.05, 4.69) is 26.7 Å². The lowest BCUT2D eigenvalue weighted by Gasteiger charge is -2.43. The smallest absolute Gasteiger partial charge is 0.317 e. The second kappa shape index (κ2) is 10.9. The van der Waals surface area contributed by atoms with Gasteiger partial charge in [0.25, 0.3) is 0 Å². The van der Waals surface area contributed by atoms with Crippen LogP contribution in [0.25, 0.3) is 6.08 Å². The first kappa shape index (κ1) is 27.1. The average Bonchev–Trinajstić information content (AvgIpc) is 3.41. The van der Waals surface area contributed by atoms with E-state index in [0.29, 0.717) is 51.3 Å². The molecular weight excluding hydrogens is 512 g/mol. The van der Waals surface area contributed by atoms with Gasteiger partial charge in [-0.25, -0.2) is 14.8 Å². The quantitative estimate of drug-likeness (QED) is 0.443. The lowest BCUT2D eigenvalue weighted by Crippen LogP contribution is -2.55. The summed E-state index contributed by atoms with van der Waals surface area (Å²) in [6.45, 7) is 8.23. The number of fused-ring (bicyclic) bond motifs is 1. The number of hydrogen-bond acceptors (Lipinski definition) is 6. The topological polar surface area (TPSA) is 108 Å². The Morgan fingerprint density at radius 2 is 1.97 bits per heavy atom. The van der Waals surface area contributed by atoms with Crippen LogP contribution in [0.5, 0.6) is 0 Å². The van der Waals surface area contributed by atoms with Gasteiger partial charge in [0.05, 0.1) is 10.4 Å². The van der Waals surface area contributed by atoms with Gasteiger partial charge >= 0.3 is 6.03 Å². The van der Waals surface area contributed by atoms with Crippen molar-refractivity contribution in [2.75, 3.05) is 31.5 Å². The molecule has 0 atom stereocenters. The molecule has 2 aromatic rings. The third-order valence-electron chi connectivity index (χ3n) is 7.61. The minimum absolute atomic E-state index is 0.0239. The SMILES string of the molecule is CC(C)(C)NC(=O)N1CCC2(CC1)Cc1cc(C=CC(=O)N3CC=C(Cc4nccs4)CC3)cnc1NC2=O. The molecule has 3 aliphatic rings. The summed E-state index contributed by atoms with van der Waals surface area (Å²) in [5.74, 6) is 0.531. The highest BCUT2D eigenvalue weighted by Crippen LogP contribution is 2.41. The van der Waals surface area contributed by atoms with Gasteiger partial charge in [0.1, 0.15) is 5.82 Å². The van der Waals surface area contributed by atoms with Gasteiger partial charge in [-0.1, -0.05) is 11.6 Å². The molecule has 0 unspecified atom stereocenters. The van der Waals surface area contributed by atoms with E-state index in [4.69, 9.17) is 0 Å². The van der Waals surface area contributed by atoms with Crippen LogP contribution in [0, 0.1) is 5.41 Å². The molecule has 2 N–H and O–H groups in total. The number of amides is 4. The number of thiazole rings is 1. The zero-order valence-electron chi connectivity index (χ0n) is 22.8. The Morgan fingerprint density at radius 1 is 1.18 bits per heavy atom. The van der Waals surface area contributed by atoms with Crippen LogP contribution < -0.4 is 10.6 Å². The highest BCUT2D eigenvalue weighted by molar-refractivity contribution is 7.09. The number of likely N-dealkylation sites (tertiary alicyclic amines) is 1.